The number of nitrogens with zero attached hydrogens (tertiary/aromatic N) is 4. The van der Waals surface area contributed by atoms with Gasteiger partial charge in [0.2, 0.25) is 0 Å². The molecule has 0 radical (unpaired) electrons. The third-order valence-electron chi connectivity index (χ3n) is 3.60. The molecule has 2 heterocycles. The first-order chi connectivity index (χ1) is 9.45. The van der Waals surface area contributed by atoms with Crippen LogP contribution in [0.2, 0.25) is 0 Å². The molecule has 1 aromatic heterocycles. The van der Waals surface area contributed by atoms with Crippen LogP contribution in [0.25, 0.3) is 11.4 Å². The van der Waals surface area contributed by atoms with Crippen LogP contribution in [-0.4, -0.2) is 31.1 Å². The van der Waals surface area contributed by atoms with E-state index in [0.717, 1.165) is 29.1 Å². The normalized spacial score (nSPS) is 16.2. The molecule has 106 valence electrons. The molecule has 0 spiro atoms. The van der Waals surface area contributed by atoms with Gasteiger partial charge in [-0.1, -0.05) is 35.5 Å². The summed E-state index contributed by atoms with van der Waals surface area (Å²) in [4.78, 5) is 2.44. The molecule has 0 N–H and O–H groups in total. The van der Waals surface area contributed by atoms with Gasteiger partial charge in [-0.05, 0) is 33.8 Å². The Morgan fingerprint density at radius 3 is 2.70 bits per heavy atom. The molecule has 0 bridgehead atoms. The Morgan fingerprint density at radius 1 is 1.20 bits per heavy atom. The highest BCUT2D eigenvalue weighted by Gasteiger charge is 2.28. The lowest BCUT2D eigenvalue weighted by Gasteiger charge is -2.38. The fraction of sp³-hybridized carbons (Fsp3) is 0.467. The predicted octanol–water partition coefficient (Wildman–Crippen LogP) is 3.37. The summed E-state index contributed by atoms with van der Waals surface area (Å²) >= 11 is 1.76. The van der Waals surface area contributed by atoms with Gasteiger partial charge >= 0.3 is 0 Å². The Balaban J connectivity index is 1.99. The molecule has 5 heteroatoms. The van der Waals surface area contributed by atoms with Crippen LogP contribution in [0.1, 0.15) is 26.3 Å². The van der Waals surface area contributed by atoms with E-state index in [2.05, 4.69) is 71.6 Å². The van der Waals surface area contributed by atoms with E-state index in [-0.39, 0.29) is 5.54 Å². The van der Waals surface area contributed by atoms with Gasteiger partial charge in [0.05, 0.1) is 12.5 Å². The summed E-state index contributed by atoms with van der Waals surface area (Å²) in [6.45, 7) is 9.69. The largest absolute Gasteiger partial charge is 0.288 e. The summed E-state index contributed by atoms with van der Waals surface area (Å²) in [5.74, 6) is 1.93. The van der Waals surface area contributed by atoms with Crippen LogP contribution in [0, 0.1) is 6.92 Å². The van der Waals surface area contributed by atoms with Crippen molar-refractivity contribution in [3.63, 3.8) is 0 Å². The van der Waals surface area contributed by atoms with Crippen LogP contribution in [0.3, 0.4) is 0 Å². The fourth-order valence-corrected chi connectivity index (χ4v) is 3.41. The Hall–Kier alpha value is -1.33. The maximum Gasteiger partial charge on any atom is 0.193 e. The van der Waals surface area contributed by atoms with E-state index in [4.69, 9.17) is 0 Å². The number of hydrogen-bond acceptors (Lipinski definition) is 4. The monoisotopic (exact) mass is 288 g/mol. The zero-order valence-corrected chi connectivity index (χ0v) is 13.2. The van der Waals surface area contributed by atoms with Gasteiger partial charge in [-0.25, -0.2) is 0 Å². The molecular formula is C15H20N4S. The second kappa shape index (κ2) is 4.90. The van der Waals surface area contributed by atoms with Gasteiger partial charge in [0.15, 0.2) is 11.0 Å². The summed E-state index contributed by atoms with van der Waals surface area (Å²) in [5.41, 5.74) is 2.54. The number of thioether (sulfide) groups is 1. The Bertz CT molecular complexity index is 627. The van der Waals surface area contributed by atoms with E-state index in [9.17, 15) is 0 Å². The quantitative estimate of drug-likeness (QED) is 0.805. The van der Waals surface area contributed by atoms with E-state index < -0.39 is 0 Å². The van der Waals surface area contributed by atoms with Crippen molar-refractivity contribution in [3.8, 4) is 11.4 Å². The predicted molar refractivity (Wildman–Crippen MR) is 82.5 cm³/mol. The molecule has 0 atom stereocenters. The summed E-state index contributed by atoms with van der Waals surface area (Å²) in [5, 5.41) is 9.74. The van der Waals surface area contributed by atoms with Crippen LogP contribution in [0.15, 0.2) is 29.4 Å². The molecule has 0 amide bonds. The molecule has 4 nitrogen and oxygen atoms in total. The zero-order chi connectivity index (χ0) is 14.3. The molecule has 2 aromatic rings. The van der Waals surface area contributed by atoms with Crippen molar-refractivity contribution in [1.82, 2.24) is 19.7 Å². The van der Waals surface area contributed by atoms with Crippen molar-refractivity contribution in [2.45, 2.75) is 45.1 Å². The van der Waals surface area contributed by atoms with E-state index >= 15 is 0 Å². The third kappa shape index (κ3) is 2.47. The molecular weight excluding hydrogens is 268 g/mol. The molecule has 20 heavy (non-hydrogen) atoms. The highest BCUT2D eigenvalue weighted by Crippen LogP contribution is 2.32. The van der Waals surface area contributed by atoms with Crippen LogP contribution >= 0.6 is 11.8 Å². The molecule has 0 saturated carbocycles. The molecule has 0 aliphatic carbocycles. The molecule has 1 aliphatic rings. The van der Waals surface area contributed by atoms with Gasteiger partial charge in [-0.15, -0.1) is 10.2 Å². The van der Waals surface area contributed by atoms with Gasteiger partial charge in [0, 0.05) is 11.1 Å². The number of rotatable bonds is 1. The van der Waals surface area contributed by atoms with Gasteiger partial charge in [-0.2, -0.15) is 0 Å². The van der Waals surface area contributed by atoms with Crippen molar-refractivity contribution in [1.29, 1.82) is 0 Å². The summed E-state index contributed by atoms with van der Waals surface area (Å²) < 4.78 is 2.22. The first kappa shape index (κ1) is 13.6. The summed E-state index contributed by atoms with van der Waals surface area (Å²) in [6, 6.07) is 8.44. The van der Waals surface area contributed by atoms with Gasteiger partial charge in [0.25, 0.3) is 0 Å². The molecule has 0 saturated heterocycles. The minimum absolute atomic E-state index is 0.152. The Morgan fingerprint density at radius 2 is 2.00 bits per heavy atom. The second-order valence-electron chi connectivity index (χ2n) is 6.23. The van der Waals surface area contributed by atoms with Crippen molar-refractivity contribution in [2.75, 3.05) is 5.88 Å². The van der Waals surface area contributed by atoms with Crippen molar-refractivity contribution < 1.29 is 0 Å². The van der Waals surface area contributed by atoms with E-state index in [1.54, 1.807) is 11.8 Å². The standard InChI is InChI=1S/C15H20N4S/c1-11-6-5-7-12(8-11)13-16-17-14-19(13)9-18(10-20-14)15(2,3)4/h5-8H,9-10H2,1-4H3. The molecule has 0 fully saturated rings. The minimum atomic E-state index is 0.152. The first-order valence-electron chi connectivity index (χ1n) is 6.83. The Kier molecular flexibility index (Phi) is 3.34. The van der Waals surface area contributed by atoms with E-state index in [1.165, 1.54) is 5.56 Å². The van der Waals surface area contributed by atoms with Crippen molar-refractivity contribution >= 4 is 11.8 Å². The van der Waals surface area contributed by atoms with Gasteiger partial charge in [0.1, 0.15) is 0 Å². The number of benzene rings is 1. The highest BCUT2D eigenvalue weighted by molar-refractivity contribution is 7.99. The number of hydrogen-bond donors (Lipinski definition) is 0. The average molecular weight is 288 g/mol. The van der Waals surface area contributed by atoms with Crippen LogP contribution in [0.4, 0.5) is 0 Å². The lowest BCUT2D eigenvalue weighted by Crippen LogP contribution is -2.44. The molecule has 1 aliphatic heterocycles. The number of fused-ring (bicyclic) bond motifs is 1. The topological polar surface area (TPSA) is 34.0 Å². The van der Waals surface area contributed by atoms with Crippen LogP contribution in [-0.2, 0) is 6.67 Å². The van der Waals surface area contributed by atoms with Crippen LogP contribution in [0.5, 0.6) is 0 Å². The SMILES string of the molecule is Cc1cccc(-c2nnc3n2CN(C(C)(C)C)CS3)c1. The van der Waals surface area contributed by atoms with E-state index in [1.807, 2.05) is 0 Å². The van der Waals surface area contributed by atoms with Gasteiger partial charge < -0.3 is 0 Å². The lowest BCUT2D eigenvalue weighted by atomic mass is 10.1. The molecule has 0 unspecified atom stereocenters. The number of aryl methyl sites for hydroxylation is 1. The summed E-state index contributed by atoms with van der Waals surface area (Å²) in [6.07, 6.45) is 0. The minimum Gasteiger partial charge on any atom is -0.288 e. The first-order valence-corrected chi connectivity index (χ1v) is 7.82. The lowest BCUT2D eigenvalue weighted by molar-refractivity contribution is 0.115. The maximum atomic E-state index is 4.39. The smallest absolute Gasteiger partial charge is 0.193 e. The third-order valence-corrected chi connectivity index (χ3v) is 4.60. The van der Waals surface area contributed by atoms with Crippen molar-refractivity contribution in [3.05, 3.63) is 29.8 Å². The summed E-state index contributed by atoms with van der Waals surface area (Å²) in [7, 11) is 0. The molecule has 3 rings (SSSR count). The second-order valence-corrected chi connectivity index (χ2v) is 7.14. The maximum absolute atomic E-state index is 4.39. The average Bonchev–Trinajstić information content (AvgIpc) is 2.80. The van der Waals surface area contributed by atoms with E-state index in [0.29, 0.717) is 0 Å². The number of aromatic nitrogens is 3. The Labute approximate surface area is 124 Å². The molecule has 1 aromatic carbocycles. The van der Waals surface area contributed by atoms with Crippen LogP contribution < -0.4 is 0 Å². The van der Waals surface area contributed by atoms with Crippen molar-refractivity contribution in [2.24, 2.45) is 0 Å². The zero-order valence-electron chi connectivity index (χ0n) is 12.4. The highest BCUT2D eigenvalue weighted by atomic mass is 32.2. The van der Waals surface area contributed by atoms with Gasteiger partial charge in [-0.3, -0.25) is 9.47 Å². The fourth-order valence-electron chi connectivity index (χ4n) is 2.27.